The van der Waals surface area contributed by atoms with Crippen LogP contribution >= 0.6 is 0 Å². The van der Waals surface area contributed by atoms with Crippen LogP contribution < -0.4 is 5.32 Å². The van der Waals surface area contributed by atoms with Gasteiger partial charge in [0.1, 0.15) is 0 Å². The Labute approximate surface area is 99.8 Å². The second kappa shape index (κ2) is 4.55. The van der Waals surface area contributed by atoms with E-state index in [-0.39, 0.29) is 5.69 Å². The van der Waals surface area contributed by atoms with E-state index in [0.29, 0.717) is 11.1 Å². The first kappa shape index (κ1) is 14.4. The van der Waals surface area contributed by atoms with Crippen LogP contribution in [0.15, 0.2) is 18.2 Å². The number of rotatable bonds is 2. The Kier molecular flexibility index (Phi) is 3.64. The van der Waals surface area contributed by atoms with Crippen molar-refractivity contribution in [1.29, 1.82) is 0 Å². The summed E-state index contributed by atoms with van der Waals surface area (Å²) in [7, 11) is 0. The van der Waals surface area contributed by atoms with E-state index in [9.17, 15) is 26.7 Å². The summed E-state index contributed by atoms with van der Waals surface area (Å²) in [6.45, 7) is 3.26. The molecule has 0 bridgehead atoms. The molecule has 100 valence electrons. The number of anilines is 1. The standard InChI is InChI=1S/C11H10F5NO/c1-6-3-7(2)5-8(4-6)17-9(18)10(12,13)11(14,15)16/h3-5H,1-2H3,(H,17,18). The molecule has 0 aliphatic rings. The maximum atomic E-state index is 12.7. The predicted molar refractivity (Wildman–Crippen MR) is 55.5 cm³/mol. The lowest BCUT2D eigenvalue weighted by Gasteiger charge is -2.18. The number of alkyl halides is 5. The highest BCUT2D eigenvalue weighted by atomic mass is 19.4. The Morgan fingerprint density at radius 1 is 1.00 bits per heavy atom. The number of carbonyl (C=O) groups excluding carboxylic acids is 1. The quantitative estimate of drug-likeness (QED) is 0.817. The summed E-state index contributed by atoms with van der Waals surface area (Å²) in [6.07, 6.45) is -5.91. The molecule has 0 spiro atoms. The first-order valence-electron chi connectivity index (χ1n) is 4.88. The van der Waals surface area contributed by atoms with Gasteiger partial charge < -0.3 is 5.32 Å². The number of hydrogen-bond donors (Lipinski definition) is 1. The monoisotopic (exact) mass is 267 g/mol. The molecular weight excluding hydrogens is 257 g/mol. The lowest BCUT2D eigenvalue weighted by molar-refractivity contribution is -0.267. The van der Waals surface area contributed by atoms with E-state index in [1.165, 1.54) is 12.1 Å². The average molecular weight is 267 g/mol. The van der Waals surface area contributed by atoms with Crippen molar-refractivity contribution >= 4 is 11.6 Å². The fourth-order valence-electron chi connectivity index (χ4n) is 1.39. The van der Waals surface area contributed by atoms with Crippen molar-refractivity contribution in [3.63, 3.8) is 0 Å². The summed E-state index contributed by atoms with van der Waals surface area (Å²) in [5, 5.41) is 1.56. The van der Waals surface area contributed by atoms with E-state index in [2.05, 4.69) is 0 Å². The van der Waals surface area contributed by atoms with E-state index in [1.807, 2.05) is 0 Å². The molecule has 0 unspecified atom stereocenters. The molecule has 1 aromatic rings. The number of carbonyl (C=O) groups is 1. The third kappa shape index (κ3) is 2.96. The number of hydrogen-bond acceptors (Lipinski definition) is 1. The molecule has 0 heterocycles. The Balaban J connectivity index is 2.95. The average Bonchev–Trinajstić information content (AvgIpc) is 2.13. The maximum absolute atomic E-state index is 12.7. The molecule has 1 rings (SSSR count). The molecule has 0 fully saturated rings. The fourth-order valence-corrected chi connectivity index (χ4v) is 1.39. The Bertz CT molecular complexity index is 447. The number of amides is 1. The van der Waals surface area contributed by atoms with Crippen LogP contribution in [0.2, 0.25) is 0 Å². The summed E-state index contributed by atoms with van der Waals surface area (Å²) in [5.74, 6) is -7.80. The summed E-state index contributed by atoms with van der Waals surface area (Å²) >= 11 is 0. The minimum atomic E-state index is -5.91. The lowest BCUT2D eigenvalue weighted by atomic mass is 10.1. The largest absolute Gasteiger partial charge is 0.463 e. The molecular formula is C11H10F5NO. The van der Waals surface area contributed by atoms with Gasteiger partial charge in [0, 0.05) is 5.69 Å². The van der Waals surface area contributed by atoms with Gasteiger partial charge in [-0.25, -0.2) is 0 Å². The van der Waals surface area contributed by atoms with Gasteiger partial charge >= 0.3 is 18.0 Å². The van der Waals surface area contributed by atoms with Gasteiger partial charge in [-0.2, -0.15) is 22.0 Å². The summed E-state index contributed by atoms with van der Waals surface area (Å²) in [4.78, 5) is 10.9. The van der Waals surface area contributed by atoms with Crippen molar-refractivity contribution in [1.82, 2.24) is 0 Å². The molecule has 1 amide bonds. The predicted octanol–water partition coefficient (Wildman–Crippen LogP) is 3.44. The molecule has 0 radical (unpaired) electrons. The Hall–Kier alpha value is -1.66. The van der Waals surface area contributed by atoms with Crippen molar-refractivity contribution < 1.29 is 26.7 Å². The molecule has 0 saturated heterocycles. The molecule has 1 N–H and O–H groups in total. The normalized spacial score (nSPS) is 12.4. The van der Waals surface area contributed by atoms with E-state index in [1.54, 1.807) is 25.2 Å². The first-order valence-corrected chi connectivity index (χ1v) is 4.88. The zero-order valence-electron chi connectivity index (χ0n) is 9.53. The van der Waals surface area contributed by atoms with Crippen LogP contribution in [0.3, 0.4) is 0 Å². The zero-order valence-corrected chi connectivity index (χ0v) is 9.53. The highest BCUT2D eigenvalue weighted by molar-refractivity contribution is 5.96. The van der Waals surface area contributed by atoms with Gasteiger partial charge in [-0.05, 0) is 37.1 Å². The molecule has 0 saturated carbocycles. The molecule has 0 atom stereocenters. The third-order valence-corrected chi connectivity index (χ3v) is 2.12. The minimum Gasteiger partial charge on any atom is -0.321 e. The second-order valence-electron chi connectivity index (χ2n) is 3.90. The zero-order chi connectivity index (χ0) is 14.1. The van der Waals surface area contributed by atoms with Crippen LogP contribution in [0.25, 0.3) is 0 Å². The van der Waals surface area contributed by atoms with Crippen molar-refractivity contribution in [2.24, 2.45) is 0 Å². The van der Waals surface area contributed by atoms with E-state index < -0.39 is 18.0 Å². The number of aryl methyl sites for hydroxylation is 2. The molecule has 1 aromatic carbocycles. The molecule has 0 aliphatic heterocycles. The smallest absolute Gasteiger partial charge is 0.321 e. The maximum Gasteiger partial charge on any atom is 0.463 e. The molecule has 2 nitrogen and oxygen atoms in total. The Morgan fingerprint density at radius 3 is 1.83 bits per heavy atom. The van der Waals surface area contributed by atoms with E-state index in [4.69, 9.17) is 0 Å². The van der Waals surface area contributed by atoms with Crippen molar-refractivity contribution in [2.75, 3.05) is 5.32 Å². The molecule has 18 heavy (non-hydrogen) atoms. The molecule has 0 aliphatic carbocycles. The van der Waals surface area contributed by atoms with Gasteiger partial charge in [0.2, 0.25) is 0 Å². The van der Waals surface area contributed by atoms with Crippen LogP contribution in [-0.2, 0) is 4.79 Å². The number of halogens is 5. The van der Waals surface area contributed by atoms with Gasteiger partial charge in [0.25, 0.3) is 0 Å². The van der Waals surface area contributed by atoms with E-state index >= 15 is 0 Å². The molecule has 7 heteroatoms. The van der Waals surface area contributed by atoms with Gasteiger partial charge in [-0.1, -0.05) is 6.07 Å². The van der Waals surface area contributed by atoms with Gasteiger partial charge in [0.15, 0.2) is 0 Å². The number of benzene rings is 1. The summed E-state index contributed by atoms with van der Waals surface area (Å²) in [6, 6.07) is 4.30. The number of nitrogens with one attached hydrogen (secondary N) is 1. The highest BCUT2D eigenvalue weighted by Crippen LogP contribution is 2.36. The van der Waals surface area contributed by atoms with Crippen LogP contribution in [0.4, 0.5) is 27.6 Å². The highest BCUT2D eigenvalue weighted by Gasteiger charge is 2.63. The SMILES string of the molecule is Cc1cc(C)cc(NC(=O)C(F)(F)C(F)(F)F)c1. The topological polar surface area (TPSA) is 29.1 Å². The third-order valence-electron chi connectivity index (χ3n) is 2.12. The van der Waals surface area contributed by atoms with Gasteiger partial charge in [-0.3, -0.25) is 4.79 Å². The summed E-state index contributed by atoms with van der Waals surface area (Å²) < 4.78 is 61.2. The van der Waals surface area contributed by atoms with Crippen LogP contribution in [0, 0.1) is 13.8 Å². The first-order chi connectivity index (χ1) is 8.04. The summed E-state index contributed by atoms with van der Waals surface area (Å²) in [5.41, 5.74) is 1.18. The van der Waals surface area contributed by atoms with Crippen LogP contribution in [-0.4, -0.2) is 18.0 Å². The molecule has 0 aromatic heterocycles. The van der Waals surface area contributed by atoms with Crippen LogP contribution in [0.5, 0.6) is 0 Å². The van der Waals surface area contributed by atoms with Gasteiger partial charge in [0.05, 0.1) is 0 Å². The van der Waals surface area contributed by atoms with E-state index in [0.717, 1.165) is 0 Å². The Morgan fingerprint density at radius 2 is 1.44 bits per heavy atom. The van der Waals surface area contributed by atoms with Crippen LogP contribution in [0.1, 0.15) is 11.1 Å². The van der Waals surface area contributed by atoms with Crippen molar-refractivity contribution in [3.8, 4) is 0 Å². The second-order valence-corrected chi connectivity index (χ2v) is 3.90. The lowest BCUT2D eigenvalue weighted by Crippen LogP contribution is -2.47. The fraction of sp³-hybridized carbons (Fsp3) is 0.364. The van der Waals surface area contributed by atoms with Crippen molar-refractivity contribution in [3.05, 3.63) is 29.3 Å². The minimum absolute atomic E-state index is 0.0959. The van der Waals surface area contributed by atoms with Gasteiger partial charge in [-0.15, -0.1) is 0 Å². The van der Waals surface area contributed by atoms with Crippen molar-refractivity contribution in [2.45, 2.75) is 25.9 Å².